The Hall–Kier alpha value is -2.64. The normalized spacial score (nSPS) is 17.4. The molecule has 2 aliphatic rings. The van der Waals surface area contributed by atoms with Crippen molar-refractivity contribution in [2.24, 2.45) is 0 Å². The summed E-state index contributed by atoms with van der Waals surface area (Å²) in [6.07, 6.45) is 13.3. The first-order valence-corrected chi connectivity index (χ1v) is 12.8. The third-order valence-corrected chi connectivity index (χ3v) is 7.62. The Morgan fingerprint density at radius 1 is 1.35 bits per heavy atom. The highest BCUT2D eigenvalue weighted by Crippen LogP contribution is 2.36. The number of amides is 2. The van der Waals surface area contributed by atoms with Crippen molar-refractivity contribution in [3.63, 3.8) is 0 Å². The van der Waals surface area contributed by atoms with Crippen LogP contribution in [0.1, 0.15) is 62.2 Å². The zero-order valence-corrected chi connectivity index (χ0v) is 21.7. The molecule has 1 aliphatic heterocycles. The molecular formula is C27H38N4O2S. The van der Waals surface area contributed by atoms with E-state index in [1.165, 1.54) is 11.1 Å². The average molecular weight is 483 g/mol. The van der Waals surface area contributed by atoms with Gasteiger partial charge in [0.1, 0.15) is 5.00 Å². The standard InChI is InChI=1S/C27H38N4O2S/c1-6-7-13-22(20-12-10-8-9-11-19(20)2)29-18-30-25-21(16-23(34-25)27(3,4)5)26(33)31-15-14-28-24(32)17-31/h6,8-10,12,16,22,29-30H,1,7,11,13-15,17-18H2,2-5H3,(H,28,32). The predicted octanol–water partition coefficient (Wildman–Crippen LogP) is 4.74. The number of rotatable bonds is 9. The van der Waals surface area contributed by atoms with Crippen molar-refractivity contribution in [3.05, 3.63) is 64.6 Å². The lowest BCUT2D eigenvalue weighted by Crippen LogP contribution is -2.50. The minimum atomic E-state index is -0.110. The van der Waals surface area contributed by atoms with E-state index in [1.807, 2.05) is 12.1 Å². The van der Waals surface area contributed by atoms with Crippen LogP contribution in [0.2, 0.25) is 0 Å². The second-order valence-electron chi connectivity index (χ2n) is 9.88. The number of nitrogens with one attached hydrogen (secondary N) is 3. The lowest BCUT2D eigenvalue weighted by Gasteiger charge is -2.27. The average Bonchev–Trinajstić information content (AvgIpc) is 3.11. The fraction of sp³-hybridized carbons (Fsp3) is 0.481. The van der Waals surface area contributed by atoms with Crippen molar-refractivity contribution < 1.29 is 9.59 Å². The molecule has 3 rings (SSSR count). The molecule has 3 N–H and O–H groups in total. The number of carbonyl (C=O) groups excluding carboxylic acids is 2. The van der Waals surface area contributed by atoms with E-state index in [9.17, 15) is 9.59 Å². The molecule has 1 atom stereocenters. The van der Waals surface area contributed by atoms with Gasteiger partial charge in [0, 0.05) is 24.0 Å². The third kappa shape index (κ3) is 6.70. The number of anilines is 1. The Kier molecular flexibility index (Phi) is 8.91. The topological polar surface area (TPSA) is 73.5 Å². The van der Waals surface area contributed by atoms with Crippen LogP contribution in [0.25, 0.3) is 0 Å². The Balaban J connectivity index is 1.77. The summed E-state index contributed by atoms with van der Waals surface area (Å²) >= 11 is 1.62. The monoisotopic (exact) mass is 482 g/mol. The van der Waals surface area contributed by atoms with Gasteiger partial charge in [-0.25, -0.2) is 0 Å². The van der Waals surface area contributed by atoms with Gasteiger partial charge >= 0.3 is 0 Å². The molecule has 0 radical (unpaired) electrons. The zero-order chi connectivity index (χ0) is 24.7. The first kappa shape index (κ1) is 26.0. The maximum atomic E-state index is 13.3. The first-order valence-electron chi connectivity index (χ1n) is 12.0. The van der Waals surface area contributed by atoms with E-state index in [0.29, 0.717) is 25.3 Å². The van der Waals surface area contributed by atoms with Crippen molar-refractivity contribution in [1.29, 1.82) is 0 Å². The minimum Gasteiger partial charge on any atom is -0.364 e. The van der Waals surface area contributed by atoms with E-state index in [2.05, 4.69) is 74.5 Å². The number of hydrogen-bond donors (Lipinski definition) is 3. The highest BCUT2D eigenvalue weighted by Gasteiger charge is 2.28. The van der Waals surface area contributed by atoms with Crippen molar-refractivity contribution in [2.45, 2.75) is 58.4 Å². The van der Waals surface area contributed by atoms with Gasteiger partial charge in [-0.2, -0.15) is 0 Å². The summed E-state index contributed by atoms with van der Waals surface area (Å²) in [5.41, 5.74) is 3.24. The molecule has 0 saturated carbocycles. The number of thiophene rings is 1. The molecule has 34 heavy (non-hydrogen) atoms. The van der Waals surface area contributed by atoms with Gasteiger partial charge in [-0.3, -0.25) is 14.9 Å². The molecule has 184 valence electrons. The maximum absolute atomic E-state index is 13.3. The third-order valence-electron chi connectivity index (χ3n) is 6.10. The summed E-state index contributed by atoms with van der Waals surface area (Å²) in [5.74, 6) is -0.203. The molecule has 1 saturated heterocycles. The van der Waals surface area contributed by atoms with Crippen molar-refractivity contribution in [3.8, 4) is 0 Å². The highest BCUT2D eigenvalue weighted by molar-refractivity contribution is 7.16. The van der Waals surface area contributed by atoms with E-state index in [0.717, 1.165) is 29.1 Å². The lowest BCUT2D eigenvalue weighted by molar-refractivity contribution is -0.123. The van der Waals surface area contributed by atoms with E-state index in [4.69, 9.17) is 0 Å². The number of hydrogen-bond acceptors (Lipinski definition) is 5. The summed E-state index contributed by atoms with van der Waals surface area (Å²) < 4.78 is 0. The lowest BCUT2D eigenvalue weighted by atomic mass is 9.94. The Labute approximate surface area is 207 Å². The van der Waals surface area contributed by atoms with Gasteiger partial charge in [0.05, 0.1) is 18.8 Å². The summed E-state index contributed by atoms with van der Waals surface area (Å²) in [6.45, 7) is 14.2. The summed E-state index contributed by atoms with van der Waals surface area (Å²) in [4.78, 5) is 27.9. The number of carbonyl (C=O) groups is 2. The van der Waals surface area contributed by atoms with E-state index in [1.54, 1.807) is 16.2 Å². The quantitative estimate of drug-likeness (QED) is 0.351. The van der Waals surface area contributed by atoms with Crippen LogP contribution in [0.5, 0.6) is 0 Å². The summed E-state index contributed by atoms with van der Waals surface area (Å²) in [7, 11) is 0. The van der Waals surface area contributed by atoms with E-state index in [-0.39, 0.29) is 29.8 Å². The van der Waals surface area contributed by atoms with Crippen LogP contribution in [-0.2, 0) is 10.2 Å². The van der Waals surface area contributed by atoms with E-state index >= 15 is 0 Å². The number of nitrogens with zero attached hydrogens (tertiary/aromatic N) is 1. The Bertz CT molecular complexity index is 997. The second-order valence-corrected chi connectivity index (χ2v) is 10.9. The predicted molar refractivity (Wildman–Crippen MR) is 142 cm³/mol. The minimum absolute atomic E-state index is 0.0705. The van der Waals surface area contributed by atoms with Crippen LogP contribution in [0.4, 0.5) is 5.00 Å². The van der Waals surface area contributed by atoms with Gasteiger partial charge in [0.15, 0.2) is 0 Å². The molecule has 1 aliphatic carbocycles. The molecule has 1 fully saturated rings. The van der Waals surface area contributed by atoms with Crippen molar-refractivity contribution >= 4 is 28.2 Å². The van der Waals surface area contributed by atoms with Crippen LogP contribution in [0, 0.1) is 0 Å². The van der Waals surface area contributed by atoms with Crippen LogP contribution in [-0.4, -0.2) is 49.1 Å². The van der Waals surface area contributed by atoms with Gasteiger partial charge in [-0.1, -0.05) is 56.7 Å². The smallest absolute Gasteiger partial charge is 0.257 e. The van der Waals surface area contributed by atoms with Gasteiger partial charge in [0.25, 0.3) is 5.91 Å². The van der Waals surface area contributed by atoms with Gasteiger partial charge in [-0.15, -0.1) is 17.9 Å². The van der Waals surface area contributed by atoms with Crippen LogP contribution in [0.15, 0.2) is 54.2 Å². The number of allylic oxidation sites excluding steroid dienone is 5. The molecule has 2 heterocycles. The van der Waals surface area contributed by atoms with Crippen LogP contribution < -0.4 is 16.0 Å². The van der Waals surface area contributed by atoms with E-state index < -0.39 is 0 Å². The first-order chi connectivity index (χ1) is 16.2. The number of piperazine rings is 1. The summed E-state index contributed by atoms with van der Waals surface area (Å²) in [6, 6.07) is 2.18. The molecule has 2 amide bonds. The van der Waals surface area contributed by atoms with Crippen LogP contribution >= 0.6 is 11.3 Å². The molecule has 1 aromatic heterocycles. The molecule has 0 bridgehead atoms. The molecule has 1 aromatic rings. The molecule has 1 unspecified atom stereocenters. The van der Waals surface area contributed by atoms with Gasteiger partial charge < -0.3 is 15.5 Å². The van der Waals surface area contributed by atoms with Crippen molar-refractivity contribution in [1.82, 2.24) is 15.5 Å². The Morgan fingerprint density at radius 2 is 2.15 bits per heavy atom. The Morgan fingerprint density at radius 3 is 2.85 bits per heavy atom. The van der Waals surface area contributed by atoms with Gasteiger partial charge in [0.2, 0.25) is 5.91 Å². The van der Waals surface area contributed by atoms with Crippen LogP contribution in [0.3, 0.4) is 0 Å². The molecule has 0 aromatic carbocycles. The molecule has 6 nitrogen and oxygen atoms in total. The fourth-order valence-corrected chi connectivity index (χ4v) is 5.20. The largest absolute Gasteiger partial charge is 0.364 e. The SMILES string of the molecule is C=CCCC(NCNc1sc(C(C)(C)C)cc1C(=O)N1CCNC(=O)C1)C1=C(C)CC=CC=C1. The fourth-order valence-electron chi connectivity index (χ4n) is 4.10. The maximum Gasteiger partial charge on any atom is 0.257 e. The second kappa shape index (κ2) is 11.7. The highest BCUT2D eigenvalue weighted by atomic mass is 32.1. The van der Waals surface area contributed by atoms with Gasteiger partial charge in [-0.05, 0) is 43.2 Å². The molecule has 7 heteroatoms. The van der Waals surface area contributed by atoms with Crippen molar-refractivity contribution in [2.75, 3.05) is 31.6 Å². The molecular weight excluding hydrogens is 444 g/mol. The summed E-state index contributed by atoms with van der Waals surface area (Å²) in [5, 5.41) is 10.8. The molecule has 0 spiro atoms. The zero-order valence-electron chi connectivity index (χ0n) is 20.9.